The summed E-state index contributed by atoms with van der Waals surface area (Å²) in [6.45, 7) is 0. The molecule has 0 bridgehead atoms. The van der Waals surface area contributed by atoms with E-state index >= 15 is 0 Å². The van der Waals surface area contributed by atoms with Gasteiger partial charge in [0.05, 0.1) is 18.5 Å². The first-order valence-corrected chi connectivity index (χ1v) is 9.10. The minimum Gasteiger partial charge on any atom is -0.497 e. The van der Waals surface area contributed by atoms with Crippen LogP contribution in [-0.4, -0.2) is 32.1 Å². The molecule has 130 valence electrons. The van der Waals surface area contributed by atoms with Gasteiger partial charge in [0.25, 0.3) is 0 Å². The van der Waals surface area contributed by atoms with Gasteiger partial charge in [-0.3, -0.25) is 5.10 Å². The molecule has 0 saturated heterocycles. The maximum atomic E-state index is 5.17. The SMILES string of the molecule is COc1ccc(-c2nc(SCc3ccn(-c4ccccc4)n3)n[nH]2)cc1. The van der Waals surface area contributed by atoms with Gasteiger partial charge in [-0.2, -0.15) is 5.10 Å². The van der Waals surface area contributed by atoms with Crippen LogP contribution in [-0.2, 0) is 5.75 Å². The Balaban J connectivity index is 1.41. The number of ether oxygens (including phenoxy) is 1. The van der Waals surface area contributed by atoms with Crippen LogP contribution in [0.5, 0.6) is 5.75 Å². The zero-order valence-corrected chi connectivity index (χ0v) is 15.0. The molecule has 4 aromatic rings. The third kappa shape index (κ3) is 3.62. The normalized spacial score (nSPS) is 10.8. The van der Waals surface area contributed by atoms with E-state index in [1.807, 2.05) is 71.5 Å². The second-order valence-electron chi connectivity index (χ2n) is 5.57. The lowest BCUT2D eigenvalue weighted by Gasteiger charge is -2.00. The molecular formula is C19H17N5OS. The quantitative estimate of drug-likeness (QED) is 0.525. The highest BCUT2D eigenvalue weighted by Gasteiger charge is 2.08. The van der Waals surface area contributed by atoms with E-state index in [1.165, 1.54) is 0 Å². The third-order valence-electron chi connectivity index (χ3n) is 3.84. The van der Waals surface area contributed by atoms with Gasteiger partial charge in [-0.15, -0.1) is 5.10 Å². The van der Waals surface area contributed by atoms with E-state index in [4.69, 9.17) is 4.74 Å². The summed E-state index contributed by atoms with van der Waals surface area (Å²) in [6, 6.07) is 19.8. The standard InChI is InChI=1S/C19H17N5OS/c1-25-17-9-7-14(8-10-17)18-20-19(22-21-18)26-13-15-11-12-24(23-15)16-5-3-2-4-6-16/h2-12H,13H2,1H3,(H,20,21,22). The molecule has 7 heteroatoms. The van der Waals surface area contributed by atoms with Gasteiger partial charge in [0.15, 0.2) is 5.82 Å². The molecule has 4 rings (SSSR count). The lowest BCUT2D eigenvalue weighted by Crippen LogP contribution is -1.95. The van der Waals surface area contributed by atoms with Crippen molar-refractivity contribution in [3.8, 4) is 22.8 Å². The number of H-pyrrole nitrogens is 1. The molecule has 0 aliphatic rings. The molecule has 26 heavy (non-hydrogen) atoms. The van der Waals surface area contributed by atoms with Crippen molar-refractivity contribution in [2.75, 3.05) is 7.11 Å². The van der Waals surface area contributed by atoms with Gasteiger partial charge in [-0.25, -0.2) is 9.67 Å². The largest absolute Gasteiger partial charge is 0.497 e. The molecule has 2 heterocycles. The fourth-order valence-corrected chi connectivity index (χ4v) is 3.19. The molecule has 0 aliphatic carbocycles. The zero-order chi connectivity index (χ0) is 17.8. The first kappa shape index (κ1) is 16.4. The topological polar surface area (TPSA) is 68.6 Å². The number of aromatic amines is 1. The van der Waals surface area contributed by atoms with Gasteiger partial charge in [-0.05, 0) is 42.5 Å². The van der Waals surface area contributed by atoms with Crippen molar-refractivity contribution < 1.29 is 4.74 Å². The first-order valence-electron chi connectivity index (χ1n) is 8.11. The summed E-state index contributed by atoms with van der Waals surface area (Å²) in [7, 11) is 1.65. The highest BCUT2D eigenvalue weighted by molar-refractivity contribution is 7.98. The van der Waals surface area contributed by atoms with Crippen LogP contribution in [0.2, 0.25) is 0 Å². The Labute approximate surface area is 155 Å². The molecule has 0 amide bonds. The number of thioether (sulfide) groups is 1. The minimum atomic E-state index is 0.699. The lowest BCUT2D eigenvalue weighted by molar-refractivity contribution is 0.415. The maximum Gasteiger partial charge on any atom is 0.209 e. The van der Waals surface area contributed by atoms with Crippen LogP contribution in [0.3, 0.4) is 0 Å². The summed E-state index contributed by atoms with van der Waals surface area (Å²) in [4.78, 5) is 4.54. The van der Waals surface area contributed by atoms with Crippen molar-refractivity contribution in [3.05, 3.63) is 72.6 Å². The number of para-hydroxylation sites is 1. The Hall–Kier alpha value is -3.06. The number of hydrogen-bond acceptors (Lipinski definition) is 5. The van der Waals surface area contributed by atoms with Gasteiger partial charge in [0.1, 0.15) is 5.75 Å². The van der Waals surface area contributed by atoms with E-state index in [-0.39, 0.29) is 0 Å². The Bertz CT molecular complexity index is 979. The zero-order valence-electron chi connectivity index (χ0n) is 14.2. The second kappa shape index (κ2) is 7.45. The highest BCUT2D eigenvalue weighted by Crippen LogP contribution is 2.23. The summed E-state index contributed by atoms with van der Waals surface area (Å²) >= 11 is 1.55. The van der Waals surface area contributed by atoms with Crippen molar-refractivity contribution in [1.82, 2.24) is 25.0 Å². The van der Waals surface area contributed by atoms with E-state index < -0.39 is 0 Å². The van der Waals surface area contributed by atoms with Crippen LogP contribution in [0, 0.1) is 0 Å². The van der Waals surface area contributed by atoms with Gasteiger partial charge in [0, 0.05) is 17.5 Å². The second-order valence-corrected chi connectivity index (χ2v) is 6.51. The van der Waals surface area contributed by atoms with Crippen LogP contribution in [0.1, 0.15) is 5.69 Å². The van der Waals surface area contributed by atoms with Gasteiger partial charge < -0.3 is 4.74 Å². The molecule has 0 atom stereocenters. The Morgan fingerprint density at radius 1 is 1.04 bits per heavy atom. The van der Waals surface area contributed by atoms with E-state index in [0.29, 0.717) is 10.9 Å². The van der Waals surface area contributed by atoms with E-state index in [2.05, 4.69) is 20.3 Å². The monoisotopic (exact) mass is 363 g/mol. The van der Waals surface area contributed by atoms with Crippen LogP contribution < -0.4 is 4.74 Å². The number of rotatable bonds is 6. The van der Waals surface area contributed by atoms with Crippen molar-refractivity contribution in [1.29, 1.82) is 0 Å². The Morgan fingerprint density at radius 3 is 2.62 bits per heavy atom. The third-order valence-corrected chi connectivity index (χ3v) is 4.72. The van der Waals surface area contributed by atoms with E-state index in [9.17, 15) is 0 Å². The molecule has 2 aromatic carbocycles. The number of aromatic nitrogens is 5. The molecule has 6 nitrogen and oxygen atoms in total. The molecule has 0 fully saturated rings. The van der Waals surface area contributed by atoms with Crippen molar-refractivity contribution >= 4 is 11.8 Å². The molecule has 0 aliphatic heterocycles. The van der Waals surface area contributed by atoms with Crippen LogP contribution in [0.25, 0.3) is 17.1 Å². The van der Waals surface area contributed by atoms with E-state index in [0.717, 1.165) is 28.5 Å². The predicted octanol–water partition coefficient (Wildman–Crippen LogP) is 3.96. The van der Waals surface area contributed by atoms with Gasteiger partial charge in [-0.1, -0.05) is 30.0 Å². The smallest absolute Gasteiger partial charge is 0.209 e. The van der Waals surface area contributed by atoms with Crippen molar-refractivity contribution in [2.45, 2.75) is 10.9 Å². The average Bonchev–Trinajstić information content (AvgIpc) is 3.37. The van der Waals surface area contributed by atoms with Crippen LogP contribution in [0.15, 0.2) is 72.0 Å². The summed E-state index contributed by atoms with van der Waals surface area (Å²) in [5.41, 5.74) is 3.00. The first-order chi connectivity index (χ1) is 12.8. The maximum absolute atomic E-state index is 5.17. The molecule has 2 aromatic heterocycles. The minimum absolute atomic E-state index is 0.699. The highest BCUT2D eigenvalue weighted by atomic mass is 32.2. The molecule has 0 unspecified atom stereocenters. The Morgan fingerprint density at radius 2 is 1.85 bits per heavy atom. The fourth-order valence-electron chi connectivity index (χ4n) is 2.49. The molecular weight excluding hydrogens is 346 g/mol. The number of methoxy groups -OCH3 is 1. The van der Waals surface area contributed by atoms with Crippen molar-refractivity contribution in [2.24, 2.45) is 0 Å². The lowest BCUT2D eigenvalue weighted by atomic mass is 10.2. The van der Waals surface area contributed by atoms with Gasteiger partial charge >= 0.3 is 0 Å². The van der Waals surface area contributed by atoms with Crippen LogP contribution in [0.4, 0.5) is 0 Å². The summed E-state index contributed by atoms with van der Waals surface area (Å²) in [5, 5.41) is 12.5. The van der Waals surface area contributed by atoms with E-state index in [1.54, 1.807) is 18.9 Å². The van der Waals surface area contributed by atoms with Crippen molar-refractivity contribution in [3.63, 3.8) is 0 Å². The fraction of sp³-hybridized carbons (Fsp3) is 0.105. The van der Waals surface area contributed by atoms with Crippen LogP contribution >= 0.6 is 11.8 Å². The number of hydrogen-bond donors (Lipinski definition) is 1. The molecule has 0 saturated carbocycles. The number of nitrogens with zero attached hydrogens (tertiary/aromatic N) is 4. The summed E-state index contributed by atoms with van der Waals surface area (Å²) in [5.74, 6) is 2.27. The molecule has 0 radical (unpaired) electrons. The number of nitrogens with one attached hydrogen (secondary N) is 1. The summed E-state index contributed by atoms with van der Waals surface area (Å²) < 4.78 is 7.04. The molecule has 0 spiro atoms. The van der Waals surface area contributed by atoms with Gasteiger partial charge in [0.2, 0.25) is 5.16 Å². The average molecular weight is 363 g/mol. The summed E-state index contributed by atoms with van der Waals surface area (Å²) in [6.07, 6.45) is 1.96. The molecule has 1 N–H and O–H groups in total. The predicted molar refractivity (Wildman–Crippen MR) is 101 cm³/mol. The number of benzene rings is 2. The Kier molecular flexibility index (Phi) is 4.70.